The van der Waals surface area contributed by atoms with Gasteiger partial charge in [0, 0.05) is 21.4 Å². The van der Waals surface area contributed by atoms with E-state index in [2.05, 4.69) is 36.2 Å². The largest absolute Gasteiger partial charge is 0.331 e. The quantitative estimate of drug-likeness (QED) is 0.650. The maximum absolute atomic E-state index is 11.9. The lowest BCUT2D eigenvalue weighted by molar-refractivity contribution is -0.113. The molecule has 0 aliphatic carbocycles. The lowest BCUT2D eigenvalue weighted by Gasteiger charge is -2.04. The van der Waals surface area contributed by atoms with Gasteiger partial charge in [-0.15, -0.1) is 0 Å². The van der Waals surface area contributed by atoms with Crippen LogP contribution in [0.2, 0.25) is 5.02 Å². The summed E-state index contributed by atoms with van der Waals surface area (Å²) in [6.45, 7) is 0. The van der Waals surface area contributed by atoms with Crippen molar-refractivity contribution in [2.24, 2.45) is 0 Å². The second-order valence-electron chi connectivity index (χ2n) is 4.41. The number of amides is 1. The molecule has 0 atom stereocenters. The molecule has 0 saturated heterocycles. The van der Waals surface area contributed by atoms with Crippen molar-refractivity contribution in [2.75, 3.05) is 11.1 Å². The van der Waals surface area contributed by atoms with Crippen molar-refractivity contribution >= 4 is 62.1 Å². The van der Waals surface area contributed by atoms with Crippen LogP contribution < -0.4 is 5.32 Å². The normalized spacial score (nSPS) is 10.8. The Morgan fingerprint density at radius 3 is 3.09 bits per heavy atom. The molecule has 0 aliphatic rings. The van der Waals surface area contributed by atoms with Crippen LogP contribution in [0.5, 0.6) is 0 Å². The Balaban J connectivity index is 1.62. The number of H-pyrrole nitrogens is 1. The van der Waals surface area contributed by atoms with E-state index < -0.39 is 0 Å². The van der Waals surface area contributed by atoms with Gasteiger partial charge < -0.3 is 10.3 Å². The van der Waals surface area contributed by atoms with E-state index in [1.54, 1.807) is 30.5 Å². The molecular formula is C14H10BrClN4OS. The Morgan fingerprint density at radius 2 is 2.27 bits per heavy atom. The van der Waals surface area contributed by atoms with Crippen molar-refractivity contribution in [2.45, 2.75) is 5.16 Å². The highest BCUT2D eigenvalue weighted by atomic mass is 79.9. The summed E-state index contributed by atoms with van der Waals surface area (Å²) in [6, 6.07) is 8.93. The van der Waals surface area contributed by atoms with Gasteiger partial charge in [0.15, 0.2) is 10.8 Å². The number of nitrogens with one attached hydrogen (secondary N) is 2. The molecule has 3 rings (SSSR count). The van der Waals surface area contributed by atoms with Crippen molar-refractivity contribution in [3.8, 4) is 0 Å². The lowest BCUT2D eigenvalue weighted by Crippen LogP contribution is -2.14. The van der Waals surface area contributed by atoms with Crippen LogP contribution in [0.4, 0.5) is 5.69 Å². The number of hydrogen-bond donors (Lipinski definition) is 2. The third kappa shape index (κ3) is 3.79. The first kappa shape index (κ1) is 15.3. The first-order valence-electron chi connectivity index (χ1n) is 6.29. The standard InChI is InChI=1S/C14H10BrClN4OS/c15-8-4-11-13(17-6-8)20-14(19-11)22-7-12(21)18-10-3-1-2-9(16)5-10/h1-6H,7H2,(H,18,21)(H,17,19,20). The van der Waals surface area contributed by atoms with E-state index in [1.165, 1.54) is 11.8 Å². The third-order valence-electron chi connectivity index (χ3n) is 2.73. The molecule has 8 heteroatoms. The molecule has 1 aromatic carbocycles. The zero-order chi connectivity index (χ0) is 15.5. The van der Waals surface area contributed by atoms with Crippen LogP contribution in [0.15, 0.2) is 46.2 Å². The topological polar surface area (TPSA) is 70.7 Å². The zero-order valence-corrected chi connectivity index (χ0v) is 14.3. The minimum absolute atomic E-state index is 0.123. The second-order valence-corrected chi connectivity index (χ2v) is 6.73. The molecule has 0 fully saturated rings. The number of carbonyl (C=O) groups is 1. The summed E-state index contributed by atoms with van der Waals surface area (Å²) in [5, 5.41) is 4.02. The smallest absolute Gasteiger partial charge is 0.234 e. The van der Waals surface area contributed by atoms with E-state index in [0.29, 0.717) is 21.5 Å². The van der Waals surface area contributed by atoms with E-state index in [4.69, 9.17) is 11.6 Å². The number of nitrogens with zero attached hydrogens (tertiary/aromatic N) is 2. The Labute approximate surface area is 144 Å². The van der Waals surface area contributed by atoms with Crippen LogP contribution in [0, 0.1) is 0 Å². The van der Waals surface area contributed by atoms with Crippen molar-refractivity contribution in [1.82, 2.24) is 15.0 Å². The monoisotopic (exact) mass is 396 g/mol. The molecule has 0 saturated carbocycles. The fourth-order valence-corrected chi connectivity index (χ4v) is 3.01. The maximum Gasteiger partial charge on any atom is 0.234 e. The van der Waals surface area contributed by atoms with Crippen molar-refractivity contribution in [1.29, 1.82) is 0 Å². The number of anilines is 1. The van der Waals surface area contributed by atoms with Crippen LogP contribution in [0.25, 0.3) is 11.2 Å². The predicted molar refractivity (Wildman–Crippen MR) is 92.4 cm³/mol. The minimum atomic E-state index is -0.123. The van der Waals surface area contributed by atoms with E-state index in [1.807, 2.05) is 6.07 Å². The van der Waals surface area contributed by atoms with Gasteiger partial charge in [0.25, 0.3) is 0 Å². The number of thioether (sulfide) groups is 1. The Kier molecular flexibility index (Phi) is 4.66. The molecule has 2 N–H and O–H groups in total. The van der Waals surface area contributed by atoms with E-state index in [-0.39, 0.29) is 11.7 Å². The highest BCUT2D eigenvalue weighted by Crippen LogP contribution is 2.21. The molecule has 1 amide bonds. The van der Waals surface area contributed by atoms with Gasteiger partial charge in [-0.2, -0.15) is 0 Å². The Hall–Kier alpha value is -1.57. The average Bonchev–Trinajstić information content (AvgIpc) is 2.87. The van der Waals surface area contributed by atoms with Gasteiger partial charge in [0.1, 0.15) is 0 Å². The van der Waals surface area contributed by atoms with E-state index >= 15 is 0 Å². The van der Waals surface area contributed by atoms with Crippen molar-refractivity contribution in [3.05, 3.63) is 46.0 Å². The van der Waals surface area contributed by atoms with E-state index in [0.717, 1.165) is 9.99 Å². The number of imidazole rings is 1. The van der Waals surface area contributed by atoms with Crippen molar-refractivity contribution < 1.29 is 4.79 Å². The number of benzene rings is 1. The number of carbonyl (C=O) groups excluding carboxylic acids is 1. The molecule has 22 heavy (non-hydrogen) atoms. The van der Waals surface area contributed by atoms with Gasteiger partial charge in [-0.1, -0.05) is 29.4 Å². The molecular weight excluding hydrogens is 388 g/mol. The molecule has 5 nitrogen and oxygen atoms in total. The molecule has 0 bridgehead atoms. The molecule has 2 heterocycles. The molecule has 0 aliphatic heterocycles. The first-order valence-corrected chi connectivity index (χ1v) is 8.45. The zero-order valence-electron chi connectivity index (χ0n) is 11.1. The van der Waals surface area contributed by atoms with Crippen LogP contribution >= 0.6 is 39.3 Å². The lowest BCUT2D eigenvalue weighted by atomic mass is 10.3. The molecule has 0 radical (unpaired) electrons. The van der Waals surface area contributed by atoms with Crippen molar-refractivity contribution in [3.63, 3.8) is 0 Å². The van der Waals surface area contributed by atoms with Gasteiger partial charge >= 0.3 is 0 Å². The summed E-state index contributed by atoms with van der Waals surface area (Å²) < 4.78 is 0.874. The summed E-state index contributed by atoms with van der Waals surface area (Å²) >= 11 is 10.5. The maximum atomic E-state index is 11.9. The predicted octanol–water partition coefficient (Wildman–Crippen LogP) is 4.10. The highest BCUT2D eigenvalue weighted by molar-refractivity contribution is 9.10. The van der Waals surface area contributed by atoms with Gasteiger partial charge in [-0.05, 0) is 40.2 Å². The van der Waals surface area contributed by atoms with Gasteiger partial charge in [0.2, 0.25) is 5.91 Å². The highest BCUT2D eigenvalue weighted by Gasteiger charge is 2.08. The van der Waals surface area contributed by atoms with Crippen LogP contribution in [-0.2, 0) is 4.79 Å². The second kappa shape index (κ2) is 6.68. The molecule has 112 valence electrons. The number of rotatable bonds is 4. The van der Waals surface area contributed by atoms with Crippen LogP contribution in [0.3, 0.4) is 0 Å². The summed E-state index contributed by atoms with van der Waals surface area (Å²) in [4.78, 5) is 23.6. The first-order chi connectivity index (χ1) is 10.6. The Morgan fingerprint density at radius 1 is 1.41 bits per heavy atom. The summed E-state index contributed by atoms with van der Waals surface area (Å²) in [5.41, 5.74) is 2.13. The SMILES string of the molecule is O=C(CSc1nc2ncc(Br)cc2[nH]1)Nc1cccc(Cl)c1. The molecule has 2 aromatic heterocycles. The third-order valence-corrected chi connectivity index (χ3v) is 4.27. The fraction of sp³-hybridized carbons (Fsp3) is 0.0714. The summed E-state index contributed by atoms with van der Waals surface area (Å²) in [6.07, 6.45) is 1.68. The van der Waals surface area contributed by atoms with Crippen LogP contribution in [0.1, 0.15) is 0 Å². The molecule has 0 spiro atoms. The number of pyridine rings is 1. The average molecular weight is 398 g/mol. The number of fused-ring (bicyclic) bond motifs is 1. The van der Waals surface area contributed by atoms with Gasteiger partial charge in [0.05, 0.1) is 11.3 Å². The number of aromatic amines is 1. The number of hydrogen-bond acceptors (Lipinski definition) is 4. The minimum Gasteiger partial charge on any atom is -0.331 e. The summed E-state index contributed by atoms with van der Waals surface area (Å²) in [7, 11) is 0. The Bertz CT molecular complexity index is 839. The summed E-state index contributed by atoms with van der Waals surface area (Å²) in [5.74, 6) is 0.120. The van der Waals surface area contributed by atoms with Crippen LogP contribution in [-0.4, -0.2) is 26.6 Å². The fourth-order valence-electron chi connectivity index (χ4n) is 1.82. The van der Waals surface area contributed by atoms with Gasteiger partial charge in [-0.25, -0.2) is 9.97 Å². The van der Waals surface area contributed by atoms with Gasteiger partial charge in [-0.3, -0.25) is 4.79 Å². The molecule has 3 aromatic rings. The van der Waals surface area contributed by atoms with E-state index in [9.17, 15) is 4.79 Å². The molecule has 0 unspecified atom stereocenters. The number of aromatic nitrogens is 3. The number of halogens is 2.